The van der Waals surface area contributed by atoms with E-state index in [-0.39, 0.29) is 5.41 Å². The Hall–Kier alpha value is -8.03. The summed E-state index contributed by atoms with van der Waals surface area (Å²) in [6.07, 6.45) is 7.98. The van der Waals surface area contributed by atoms with E-state index in [1.165, 1.54) is 11.1 Å². The minimum Gasteiger partial charge on any atom is -0.457 e. The third-order valence-corrected chi connectivity index (χ3v) is 12.9. The van der Waals surface area contributed by atoms with Crippen LogP contribution in [0.5, 0.6) is 11.5 Å². The fourth-order valence-corrected chi connectivity index (χ4v) is 8.74. The predicted molar refractivity (Wildman–Crippen MR) is 280 cm³/mol. The van der Waals surface area contributed by atoms with Gasteiger partial charge in [0.05, 0.1) is 6.54 Å². The van der Waals surface area contributed by atoms with Gasteiger partial charge in [-0.25, -0.2) is 19.9 Å². The largest absolute Gasteiger partial charge is 0.457 e. The quantitative estimate of drug-likeness (QED) is 0.0748. The van der Waals surface area contributed by atoms with Crippen molar-refractivity contribution in [2.24, 2.45) is 15.7 Å². The molecule has 68 heavy (non-hydrogen) atoms. The topological polar surface area (TPSA) is 98.6 Å². The molecule has 0 aliphatic carbocycles. The van der Waals surface area contributed by atoms with E-state index < -0.39 is 0 Å². The zero-order valence-corrected chi connectivity index (χ0v) is 39.7. The molecular weight excluding hydrogens is 833 g/mol. The molecule has 0 fully saturated rings. The van der Waals surface area contributed by atoms with Gasteiger partial charge in [0.1, 0.15) is 17.3 Å². The normalized spacial score (nSPS) is 13.5. The molecule has 0 saturated heterocycles. The number of fused-ring (bicyclic) bond motifs is 2. The van der Waals surface area contributed by atoms with E-state index in [1.807, 2.05) is 78.9 Å². The third-order valence-electron chi connectivity index (χ3n) is 12.9. The highest BCUT2D eigenvalue weighted by Gasteiger charge is 2.34. The summed E-state index contributed by atoms with van der Waals surface area (Å²) >= 11 is 0. The molecule has 2 heterocycles. The zero-order valence-electron chi connectivity index (χ0n) is 39.7. The van der Waals surface area contributed by atoms with E-state index in [0.29, 0.717) is 35.7 Å². The standard InChI is InChI=1S/C61H56N6O/c1-7-44(58-65-59(50-30-17-12-21-41(50)3)67-60(66-58)51-31-18-13-22-42(51)4)24-16-14-23-43-32-34-54-52(36-43)61(5,6)53-38-47(33-35-55(53)68-54)46-28-19-29-48(37-46)56(62)64-57(45-25-9-8-10-26-45)63-39-49-27-15-11-20-40(49)2/h8-22,24-38H,7,23,39H2,1-6H3,(H2,62,63,64)/b16-14-,44-24+. The number of aliphatic imine (C=N–C) groups is 2. The molecule has 0 spiro atoms. The molecule has 7 aromatic carbocycles. The zero-order chi connectivity index (χ0) is 47.2. The van der Waals surface area contributed by atoms with Gasteiger partial charge in [0.15, 0.2) is 23.3 Å². The number of hydrogen-bond acceptors (Lipinski definition) is 5. The Morgan fingerprint density at radius 1 is 0.618 bits per heavy atom. The van der Waals surface area contributed by atoms with Gasteiger partial charge in [-0.2, -0.15) is 0 Å². The van der Waals surface area contributed by atoms with Crippen molar-refractivity contribution in [3.8, 4) is 45.4 Å². The number of amidine groups is 2. The Bertz CT molecular complexity index is 3210. The average Bonchev–Trinajstić information content (AvgIpc) is 3.36. The number of allylic oxidation sites excluding steroid dienone is 4. The molecule has 2 N–H and O–H groups in total. The highest BCUT2D eigenvalue weighted by Crippen LogP contribution is 2.49. The first-order valence-electron chi connectivity index (χ1n) is 23.3. The van der Waals surface area contributed by atoms with Gasteiger partial charge in [-0.05, 0) is 102 Å². The summed E-state index contributed by atoms with van der Waals surface area (Å²) in [7, 11) is 0. The van der Waals surface area contributed by atoms with Crippen molar-refractivity contribution < 1.29 is 4.74 Å². The maximum absolute atomic E-state index is 6.79. The first-order valence-corrected chi connectivity index (χ1v) is 23.3. The second-order valence-corrected chi connectivity index (χ2v) is 17.9. The van der Waals surface area contributed by atoms with Crippen LogP contribution in [-0.2, 0) is 18.4 Å². The van der Waals surface area contributed by atoms with Gasteiger partial charge in [-0.3, -0.25) is 4.99 Å². The van der Waals surface area contributed by atoms with E-state index >= 15 is 0 Å². The number of aryl methyl sites for hydroxylation is 3. The molecule has 7 nitrogen and oxygen atoms in total. The molecule has 0 amide bonds. The maximum atomic E-state index is 6.79. The third kappa shape index (κ3) is 9.74. The van der Waals surface area contributed by atoms with Crippen molar-refractivity contribution in [1.29, 1.82) is 0 Å². The van der Waals surface area contributed by atoms with Crippen molar-refractivity contribution in [3.63, 3.8) is 0 Å². The van der Waals surface area contributed by atoms with Crippen LogP contribution in [0.25, 0.3) is 39.5 Å². The maximum Gasteiger partial charge on any atom is 0.164 e. The molecular formula is C61H56N6O. The van der Waals surface area contributed by atoms with Crippen molar-refractivity contribution in [1.82, 2.24) is 15.0 Å². The lowest BCUT2D eigenvalue weighted by Crippen LogP contribution is -2.24. The van der Waals surface area contributed by atoms with Gasteiger partial charge in [-0.15, -0.1) is 0 Å². The molecule has 0 radical (unpaired) electrons. The Labute approximate surface area is 400 Å². The molecule has 0 bridgehead atoms. The summed E-state index contributed by atoms with van der Waals surface area (Å²) in [5, 5.41) is 0. The van der Waals surface area contributed by atoms with E-state index in [2.05, 4.69) is 145 Å². The van der Waals surface area contributed by atoms with Crippen LogP contribution in [0.15, 0.2) is 192 Å². The molecule has 9 rings (SSSR count). The molecule has 0 saturated carbocycles. The highest BCUT2D eigenvalue weighted by molar-refractivity contribution is 6.11. The fourth-order valence-electron chi connectivity index (χ4n) is 8.74. The van der Waals surface area contributed by atoms with Crippen LogP contribution >= 0.6 is 0 Å². The van der Waals surface area contributed by atoms with Crippen LogP contribution in [0, 0.1) is 20.8 Å². The fraction of sp³-hybridized carbons (Fsp3) is 0.164. The van der Waals surface area contributed by atoms with Gasteiger partial charge >= 0.3 is 0 Å². The summed E-state index contributed by atoms with van der Waals surface area (Å²) in [6.45, 7) is 13.5. The van der Waals surface area contributed by atoms with Gasteiger partial charge in [0, 0.05) is 38.8 Å². The number of nitrogens with two attached hydrogens (primary N) is 1. The number of aromatic nitrogens is 3. The van der Waals surface area contributed by atoms with Crippen LogP contribution in [0.2, 0.25) is 0 Å². The molecule has 0 atom stereocenters. The molecule has 1 aliphatic rings. The minimum atomic E-state index is -0.327. The van der Waals surface area contributed by atoms with Gasteiger partial charge in [-0.1, -0.05) is 179 Å². The first-order chi connectivity index (χ1) is 33.0. The lowest BCUT2D eigenvalue weighted by molar-refractivity contribution is 0.418. The first kappa shape index (κ1) is 45.1. The lowest BCUT2D eigenvalue weighted by Gasteiger charge is -2.35. The number of benzene rings is 7. The Balaban J connectivity index is 0.954. The van der Waals surface area contributed by atoms with Gasteiger partial charge in [0.25, 0.3) is 0 Å². The van der Waals surface area contributed by atoms with Crippen molar-refractivity contribution in [2.45, 2.75) is 66.3 Å². The van der Waals surface area contributed by atoms with Crippen LogP contribution in [0.4, 0.5) is 0 Å². The summed E-state index contributed by atoms with van der Waals surface area (Å²) in [6, 6.07) is 56.0. The molecule has 1 aromatic heterocycles. The van der Waals surface area contributed by atoms with E-state index in [1.54, 1.807) is 0 Å². The summed E-state index contributed by atoms with van der Waals surface area (Å²) in [4.78, 5) is 24.9. The average molecular weight is 889 g/mol. The number of rotatable bonds is 12. The summed E-state index contributed by atoms with van der Waals surface area (Å²) in [5.41, 5.74) is 21.4. The lowest BCUT2D eigenvalue weighted by atomic mass is 9.74. The second-order valence-electron chi connectivity index (χ2n) is 17.9. The minimum absolute atomic E-state index is 0.327. The monoisotopic (exact) mass is 888 g/mol. The number of ether oxygens (including phenoxy) is 1. The van der Waals surface area contributed by atoms with Gasteiger partial charge < -0.3 is 10.5 Å². The van der Waals surface area contributed by atoms with Crippen LogP contribution in [0.1, 0.15) is 83.1 Å². The SMILES string of the molecule is CC/C(=C\C=C/Cc1ccc2c(c1)C(C)(C)c1cc(-c3cccc(/C(N)=N/C(=N\Cc4ccccc4C)c4ccccc4)c3)ccc1O2)c1nc(-c2ccccc2C)nc(-c2ccccc2C)n1. The molecule has 0 unspecified atom stereocenters. The smallest absolute Gasteiger partial charge is 0.164 e. The predicted octanol–water partition coefficient (Wildman–Crippen LogP) is 14.2. The van der Waals surface area contributed by atoms with Crippen LogP contribution < -0.4 is 10.5 Å². The molecule has 8 aromatic rings. The van der Waals surface area contributed by atoms with Crippen LogP contribution in [-0.4, -0.2) is 26.6 Å². The van der Waals surface area contributed by atoms with Gasteiger partial charge in [0.2, 0.25) is 0 Å². The van der Waals surface area contributed by atoms with E-state index in [4.69, 9.17) is 35.4 Å². The van der Waals surface area contributed by atoms with Crippen molar-refractivity contribution in [2.75, 3.05) is 0 Å². The second kappa shape index (κ2) is 19.8. The molecule has 7 heteroatoms. The van der Waals surface area contributed by atoms with Crippen molar-refractivity contribution in [3.05, 3.63) is 238 Å². The summed E-state index contributed by atoms with van der Waals surface area (Å²) in [5.74, 6) is 4.79. The summed E-state index contributed by atoms with van der Waals surface area (Å²) < 4.78 is 6.59. The number of hydrogen-bond donors (Lipinski definition) is 1. The Kier molecular flexibility index (Phi) is 13.2. The van der Waals surface area contributed by atoms with Crippen molar-refractivity contribution >= 4 is 17.2 Å². The van der Waals surface area contributed by atoms with E-state index in [0.717, 1.165) is 91.1 Å². The molecule has 1 aliphatic heterocycles. The molecule has 336 valence electrons. The Morgan fingerprint density at radius 3 is 1.90 bits per heavy atom. The Morgan fingerprint density at radius 2 is 1.22 bits per heavy atom. The number of nitrogens with zero attached hydrogens (tertiary/aromatic N) is 5. The van der Waals surface area contributed by atoms with Crippen LogP contribution in [0.3, 0.4) is 0 Å². The highest BCUT2D eigenvalue weighted by atomic mass is 16.5. The van der Waals surface area contributed by atoms with E-state index in [9.17, 15) is 0 Å².